The Bertz CT molecular complexity index is 580. The molecule has 1 N–H and O–H groups in total. The van der Waals surface area contributed by atoms with Crippen molar-refractivity contribution in [3.05, 3.63) is 45.8 Å². The van der Waals surface area contributed by atoms with E-state index < -0.39 is 0 Å². The summed E-state index contributed by atoms with van der Waals surface area (Å²) in [7, 11) is 0. The third-order valence-electron chi connectivity index (χ3n) is 2.50. The van der Waals surface area contributed by atoms with Gasteiger partial charge in [0.15, 0.2) is 0 Å². The zero-order chi connectivity index (χ0) is 14.4. The lowest BCUT2D eigenvalue weighted by Crippen LogP contribution is -2.15. The predicted molar refractivity (Wildman–Crippen MR) is 83.3 cm³/mol. The first-order chi connectivity index (χ1) is 9.69. The molecule has 20 heavy (non-hydrogen) atoms. The quantitative estimate of drug-likeness (QED) is 0.789. The van der Waals surface area contributed by atoms with Crippen molar-refractivity contribution >= 4 is 27.5 Å². The van der Waals surface area contributed by atoms with Gasteiger partial charge in [-0.05, 0) is 47.1 Å². The van der Waals surface area contributed by atoms with Gasteiger partial charge < -0.3 is 10.1 Å². The Balaban J connectivity index is 2.07. The van der Waals surface area contributed by atoms with Crippen LogP contribution in [-0.4, -0.2) is 16.5 Å². The van der Waals surface area contributed by atoms with Gasteiger partial charge >= 0.3 is 0 Å². The van der Waals surface area contributed by atoms with E-state index in [1.807, 2.05) is 0 Å². The molecule has 0 aliphatic rings. The van der Waals surface area contributed by atoms with E-state index in [4.69, 9.17) is 16.3 Å². The van der Waals surface area contributed by atoms with Gasteiger partial charge in [-0.3, -0.25) is 4.98 Å². The molecular formula is C14H15BrClN3O. The fraction of sp³-hybridized carbons (Fsp3) is 0.286. The lowest BCUT2D eigenvalue weighted by Gasteiger charge is -2.08. The second-order valence-corrected chi connectivity index (χ2v) is 5.49. The van der Waals surface area contributed by atoms with Crippen LogP contribution in [0.25, 0.3) is 0 Å². The number of nitrogens with one attached hydrogen (secondary N) is 1. The zero-order valence-corrected chi connectivity index (χ0v) is 13.4. The van der Waals surface area contributed by atoms with Crippen molar-refractivity contribution < 1.29 is 4.74 Å². The largest absolute Gasteiger partial charge is 0.436 e. The minimum atomic E-state index is 0.462. The molecule has 2 aromatic rings. The predicted octanol–water partition coefficient (Wildman–Crippen LogP) is 4.18. The van der Waals surface area contributed by atoms with Gasteiger partial charge in [0.25, 0.3) is 0 Å². The van der Waals surface area contributed by atoms with Crippen LogP contribution < -0.4 is 10.1 Å². The van der Waals surface area contributed by atoms with Crippen LogP contribution >= 0.6 is 27.5 Å². The molecule has 4 nitrogen and oxygen atoms in total. The molecule has 0 saturated heterocycles. The van der Waals surface area contributed by atoms with Crippen LogP contribution in [0.2, 0.25) is 5.02 Å². The maximum atomic E-state index is 5.89. The van der Waals surface area contributed by atoms with Crippen molar-refractivity contribution in [2.75, 3.05) is 6.54 Å². The summed E-state index contributed by atoms with van der Waals surface area (Å²) >= 11 is 9.30. The maximum Gasteiger partial charge on any atom is 0.238 e. The van der Waals surface area contributed by atoms with E-state index in [-0.39, 0.29) is 0 Å². The van der Waals surface area contributed by atoms with E-state index in [0.717, 1.165) is 23.1 Å². The monoisotopic (exact) mass is 355 g/mol. The van der Waals surface area contributed by atoms with Crippen LogP contribution in [0.1, 0.15) is 19.0 Å². The number of benzene rings is 1. The Labute approximate surface area is 131 Å². The molecule has 0 radical (unpaired) electrons. The molecule has 0 fully saturated rings. The highest BCUT2D eigenvalue weighted by molar-refractivity contribution is 9.10. The first-order valence-corrected chi connectivity index (χ1v) is 7.50. The van der Waals surface area contributed by atoms with Crippen LogP contribution in [0.4, 0.5) is 0 Å². The SMILES string of the molecule is CCCNCc1cncc(Oc2ccc(Cl)cc2Br)n1. The van der Waals surface area contributed by atoms with Crippen LogP contribution in [0.15, 0.2) is 35.1 Å². The topological polar surface area (TPSA) is 47.0 Å². The summed E-state index contributed by atoms with van der Waals surface area (Å²) in [5, 5.41) is 3.92. The van der Waals surface area contributed by atoms with Crippen molar-refractivity contribution in [3.8, 4) is 11.6 Å². The second kappa shape index (κ2) is 7.57. The molecule has 2 rings (SSSR count). The fourth-order valence-electron chi connectivity index (χ4n) is 1.58. The molecule has 1 aromatic carbocycles. The van der Waals surface area contributed by atoms with E-state index in [9.17, 15) is 0 Å². The summed E-state index contributed by atoms with van der Waals surface area (Å²) < 4.78 is 6.48. The van der Waals surface area contributed by atoms with E-state index in [2.05, 4.69) is 38.1 Å². The number of aromatic nitrogens is 2. The van der Waals surface area contributed by atoms with Crippen LogP contribution in [-0.2, 0) is 6.54 Å². The van der Waals surface area contributed by atoms with E-state index in [1.165, 1.54) is 0 Å². The molecule has 0 aliphatic carbocycles. The Kier molecular flexibility index (Phi) is 5.76. The Morgan fingerprint density at radius 2 is 2.20 bits per heavy atom. The van der Waals surface area contributed by atoms with Crippen molar-refractivity contribution in [2.45, 2.75) is 19.9 Å². The molecule has 0 spiro atoms. The summed E-state index contributed by atoms with van der Waals surface area (Å²) in [6, 6.07) is 5.33. The molecule has 6 heteroatoms. The van der Waals surface area contributed by atoms with Gasteiger partial charge in [-0.1, -0.05) is 18.5 Å². The van der Waals surface area contributed by atoms with E-state index >= 15 is 0 Å². The normalized spacial score (nSPS) is 10.6. The number of rotatable bonds is 6. The lowest BCUT2D eigenvalue weighted by molar-refractivity contribution is 0.453. The third-order valence-corrected chi connectivity index (χ3v) is 3.36. The number of hydrogen-bond donors (Lipinski definition) is 1. The molecule has 0 amide bonds. The van der Waals surface area contributed by atoms with E-state index in [1.54, 1.807) is 30.6 Å². The van der Waals surface area contributed by atoms with Crippen molar-refractivity contribution in [1.82, 2.24) is 15.3 Å². The summed E-state index contributed by atoms with van der Waals surface area (Å²) in [6.07, 6.45) is 4.40. The standard InChI is InChI=1S/C14H15BrClN3O/c1-2-5-17-7-11-8-18-9-14(19-11)20-13-4-3-10(16)6-12(13)15/h3-4,6,8-9,17H,2,5,7H2,1H3. The molecule has 0 saturated carbocycles. The molecule has 1 aromatic heterocycles. The highest BCUT2D eigenvalue weighted by Crippen LogP contribution is 2.30. The third kappa shape index (κ3) is 4.44. The number of hydrogen-bond acceptors (Lipinski definition) is 4. The van der Waals surface area contributed by atoms with Gasteiger partial charge in [0.05, 0.1) is 16.4 Å². The smallest absolute Gasteiger partial charge is 0.238 e. The first kappa shape index (κ1) is 15.2. The average molecular weight is 357 g/mol. The van der Waals surface area contributed by atoms with Crippen molar-refractivity contribution in [1.29, 1.82) is 0 Å². The number of halogens is 2. The maximum absolute atomic E-state index is 5.89. The average Bonchev–Trinajstić information content (AvgIpc) is 2.43. The highest BCUT2D eigenvalue weighted by Gasteiger charge is 2.06. The molecule has 0 aliphatic heterocycles. The number of nitrogens with zero attached hydrogens (tertiary/aromatic N) is 2. The Hall–Kier alpha value is -1.17. The van der Waals surface area contributed by atoms with Gasteiger partial charge in [-0.15, -0.1) is 0 Å². The Morgan fingerprint density at radius 1 is 1.35 bits per heavy atom. The molecule has 0 atom stereocenters. The van der Waals surface area contributed by atoms with Crippen LogP contribution in [0, 0.1) is 0 Å². The molecule has 0 unspecified atom stereocenters. The van der Waals surface area contributed by atoms with Gasteiger partial charge in [-0.2, -0.15) is 0 Å². The first-order valence-electron chi connectivity index (χ1n) is 6.33. The summed E-state index contributed by atoms with van der Waals surface area (Å²) in [6.45, 7) is 3.76. The summed E-state index contributed by atoms with van der Waals surface area (Å²) in [5.41, 5.74) is 0.848. The van der Waals surface area contributed by atoms with Crippen LogP contribution in [0.3, 0.4) is 0 Å². The molecular weight excluding hydrogens is 342 g/mol. The summed E-state index contributed by atoms with van der Waals surface area (Å²) in [4.78, 5) is 8.54. The lowest BCUT2D eigenvalue weighted by atomic mass is 10.3. The minimum Gasteiger partial charge on any atom is -0.436 e. The second-order valence-electron chi connectivity index (χ2n) is 4.20. The molecule has 106 valence electrons. The van der Waals surface area contributed by atoms with Crippen LogP contribution in [0.5, 0.6) is 11.6 Å². The molecule has 0 bridgehead atoms. The molecule has 1 heterocycles. The van der Waals surface area contributed by atoms with Gasteiger partial charge in [0, 0.05) is 17.8 Å². The van der Waals surface area contributed by atoms with Gasteiger partial charge in [0.2, 0.25) is 5.88 Å². The van der Waals surface area contributed by atoms with Crippen molar-refractivity contribution in [3.63, 3.8) is 0 Å². The summed E-state index contributed by atoms with van der Waals surface area (Å²) in [5.74, 6) is 1.12. The van der Waals surface area contributed by atoms with E-state index in [0.29, 0.717) is 23.2 Å². The highest BCUT2D eigenvalue weighted by atomic mass is 79.9. The minimum absolute atomic E-state index is 0.462. The van der Waals surface area contributed by atoms with Gasteiger partial charge in [0.1, 0.15) is 5.75 Å². The fourth-order valence-corrected chi connectivity index (χ4v) is 2.35. The number of ether oxygens (including phenoxy) is 1. The van der Waals surface area contributed by atoms with Crippen molar-refractivity contribution in [2.24, 2.45) is 0 Å². The Morgan fingerprint density at radius 3 is 2.95 bits per heavy atom. The zero-order valence-electron chi connectivity index (χ0n) is 11.1. The van der Waals surface area contributed by atoms with Gasteiger partial charge in [-0.25, -0.2) is 4.98 Å².